The van der Waals surface area contributed by atoms with Gasteiger partial charge in [-0.3, -0.25) is 0 Å². The predicted octanol–water partition coefficient (Wildman–Crippen LogP) is 4.53. The fourth-order valence-corrected chi connectivity index (χ4v) is 1.82. The topological polar surface area (TPSA) is 9.23 Å². The van der Waals surface area contributed by atoms with Crippen molar-refractivity contribution in [2.24, 2.45) is 0 Å². The Labute approximate surface area is 109 Å². The first-order valence-corrected chi connectivity index (χ1v) is 6.23. The lowest BCUT2D eigenvalue weighted by Crippen LogP contribution is -1.91. The standard InChI is InChI=1S/C17H18O/c1-3-14-5-9-16(10-6-14)17-11-7-15(8-12-17)13-18-4-2/h3,5-12H,1,4,13H2,2H3. The van der Waals surface area contributed by atoms with Crippen molar-refractivity contribution in [3.05, 3.63) is 66.2 Å². The van der Waals surface area contributed by atoms with E-state index in [0.29, 0.717) is 6.61 Å². The lowest BCUT2D eigenvalue weighted by Gasteiger charge is -2.05. The average Bonchev–Trinajstić information content (AvgIpc) is 2.46. The number of rotatable bonds is 5. The molecule has 1 nitrogen and oxygen atoms in total. The van der Waals surface area contributed by atoms with Gasteiger partial charge in [0.1, 0.15) is 0 Å². The number of hydrogen-bond acceptors (Lipinski definition) is 1. The van der Waals surface area contributed by atoms with E-state index in [0.717, 1.165) is 12.2 Å². The molecule has 18 heavy (non-hydrogen) atoms. The van der Waals surface area contributed by atoms with Crippen LogP contribution in [0.2, 0.25) is 0 Å². The van der Waals surface area contributed by atoms with Gasteiger partial charge in [-0.15, -0.1) is 0 Å². The Balaban J connectivity index is 2.14. The molecule has 0 heterocycles. The number of ether oxygens (including phenoxy) is 1. The molecule has 0 fully saturated rings. The maximum absolute atomic E-state index is 5.38. The Bertz CT molecular complexity index is 494. The highest BCUT2D eigenvalue weighted by atomic mass is 16.5. The molecular formula is C17H18O. The number of benzene rings is 2. The first-order valence-electron chi connectivity index (χ1n) is 6.23. The van der Waals surface area contributed by atoms with Crippen LogP contribution in [0.15, 0.2) is 55.1 Å². The fourth-order valence-electron chi connectivity index (χ4n) is 1.82. The van der Waals surface area contributed by atoms with Gasteiger partial charge in [0.25, 0.3) is 0 Å². The van der Waals surface area contributed by atoms with Crippen molar-refractivity contribution in [1.82, 2.24) is 0 Å². The minimum absolute atomic E-state index is 0.687. The molecular weight excluding hydrogens is 220 g/mol. The van der Waals surface area contributed by atoms with E-state index >= 15 is 0 Å². The zero-order valence-electron chi connectivity index (χ0n) is 10.7. The van der Waals surface area contributed by atoms with Crippen molar-refractivity contribution < 1.29 is 4.74 Å². The first-order chi connectivity index (χ1) is 8.83. The quantitative estimate of drug-likeness (QED) is 0.743. The Morgan fingerprint density at radius 1 is 0.944 bits per heavy atom. The summed E-state index contributed by atoms with van der Waals surface area (Å²) < 4.78 is 5.38. The van der Waals surface area contributed by atoms with Crippen molar-refractivity contribution in [2.75, 3.05) is 6.61 Å². The maximum atomic E-state index is 5.38. The molecule has 0 atom stereocenters. The Kier molecular flexibility index (Phi) is 4.32. The summed E-state index contributed by atoms with van der Waals surface area (Å²) in [5.74, 6) is 0. The molecule has 0 aliphatic rings. The summed E-state index contributed by atoms with van der Waals surface area (Å²) in [6.07, 6.45) is 1.86. The minimum Gasteiger partial charge on any atom is -0.377 e. The predicted molar refractivity (Wildman–Crippen MR) is 77.3 cm³/mol. The molecule has 0 N–H and O–H groups in total. The van der Waals surface area contributed by atoms with Crippen LogP contribution in [0, 0.1) is 0 Å². The van der Waals surface area contributed by atoms with Gasteiger partial charge in [-0.05, 0) is 29.2 Å². The van der Waals surface area contributed by atoms with Gasteiger partial charge in [-0.2, -0.15) is 0 Å². The second-order valence-electron chi connectivity index (χ2n) is 4.16. The fraction of sp³-hybridized carbons (Fsp3) is 0.176. The van der Waals surface area contributed by atoms with Crippen molar-refractivity contribution >= 4 is 6.08 Å². The summed E-state index contributed by atoms with van der Waals surface area (Å²) >= 11 is 0. The Morgan fingerprint density at radius 2 is 1.50 bits per heavy atom. The van der Waals surface area contributed by atoms with Crippen LogP contribution < -0.4 is 0 Å². The Morgan fingerprint density at radius 3 is 2.00 bits per heavy atom. The molecule has 2 aromatic carbocycles. The van der Waals surface area contributed by atoms with Crippen LogP contribution in [0.3, 0.4) is 0 Å². The van der Waals surface area contributed by atoms with Gasteiger partial charge in [0, 0.05) is 6.61 Å². The van der Waals surface area contributed by atoms with E-state index in [4.69, 9.17) is 4.74 Å². The first kappa shape index (κ1) is 12.6. The molecule has 0 amide bonds. The zero-order chi connectivity index (χ0) is 12.8. The van der Waals surface area contributed by atoms with Crippen molar-refractivity contribution in [3.8, 4) is 11.1 Å². The van der Waals surface area contributed by atoms with Gasteiger partial charge >= 0.3 is 0 Å². The van der Waals surface area contributed by atoms with Crippen molar-refractivity contribution in [2.45, 2.75) is 13.5 Å². The molecule has 0 aliphatic heterocycles. The van der Waals surface area contributed by atoms with E-state index < -0.39 is 0 Å². The van der Waals surface area contributed by atoms with Crippen LogP contribution in [-0.2, 0) is 11.3 Å². The van der Waals surface area contributed by atoms with Crippen LogP contribution in [0.5, 0.6) is 0 Å². The lowest BCUT2D eigenvalue weighted by molar-refractivity contribution is 0.134. The van der Waals surface area contributed by atoms with Gasteiger partial charge in [0.15, 0.2) is 0 Å². The van der Waals surface area contributed by atoms with Crippen LogP contribution in [0.25, 0.3) is 17.2 Å². The van der Waals surface area contributed by atoms with Crippen molar-refractivity contribution in [1.29, 1.82) is 0 Å². The molecule has 0 radical (unpaired) electrons. The van der Waals surface area contributed by atoms with Crippen LogP contribution in [-0.4, -0.2) is 6.61 Å². The number of hydrogen-bond donors (Lipinski definition) is 0. The van der Waals surface area contributed by atoms with Gasteiger partial charge in [-0.25, -0.2) is 0 Å². The third kappa shape index (κ3) is 3.08. The second kappa shape index (κ2) is 6.18. The highest BCUT2D eigenvalue weighted by Crippen LogP contribution is 2.20. The van der Waals surface area contributed by atoms with E-state index in [9.17, 15) is 0 Å². The molecule has 0 spiro atoms. The summed E-state index contributed by atoms with van der Waals surface area (Å²) in [5, 5.41) is 0. The van der Waals surface area contributed by atoms with Crippen LogP contribution in [0.1, 0.15) is 18.1 Å². The molecule has 1 heteroatoms. The van der Waals surface area contributed by atoms with E-state index in [1.807, 2.05) is 13.0 Å². The second-order valence-corrected chi connectivity index (χ2v) is 4.16. The van der Waals surface area contributed by atoms with Gasteiger partial charge in [0.05, 0.1) is 6.61 Å². The summed E-state index contributed by atoms with van der Waals surface area (Å²) in [5.41, 5.74) is 4.81. The molecule has 0 bridgehead atoms. The van der Waals surface area contributed by atoms with Gasteiger partial charge in [0.2, 0.25) is 0 Å². The summed E-state index contributed by atoms with van der Waals surface area (Å²) in [6, 6.07) is 16.9. The smallest absolute Gasteiger partial charge is 0.0716 e. The molecule has 0 unspecified atom stereocenters. The highest BCUT2D eigenvalue weighted by Gasteiger charge is 1.98. The molecule has 92 valence electrons. The summed E-state index contributed by atoms with van der Waals surface area (Å²) in [6.45, 7) is 7.21. The monoisotopic (exact) mass is 238 g/mol. The lowest BCUT2D eigenvalue weighted by atomic mass is 10.0. The van der Waals surface area contributed by atoms with E-state index in [1.165, 1.54) is 16.7 Å². The van der Waals surface area contributed by atoms with E-state index in [-0.39, 0.29) is 0 Å². The molecule has 2 aromatic rings. The third-order valence-corrected chi connectivity index (χ3v) is 2.91. The Hall–Kier alpha value is -1.86. The average molecular weight is 238 g/mol. The maximum Gasteiger partial charge on any atom is 0.0716 e. The summed E-state index contributed by atoms with van der Waals surface area (Å²) in [7, 11) is 0. The SMILES string of the molecule is C=Cc1ccc(-c2ccc(COCC)cc2)cc1. The summed E-state index contributed by atoms with van der Waals surface area (Å²) in [4.78, 5) is 0. The van der Waals surface area contributed by atoms with Crippen molar-refractivity contribution in [3.63, 3.8) is 0 Å². The van der Waals surface area contributed by atoms with Crippen LogP contribution >= 0.6 is 0 Å². The van der Waals surface area contributed by atoms with Gasteiger partial charge in [-0.1, -0.05) is 61.2 Å². The third-order valence-electron chi connectivity index (χ3n) is 2.91. The molecule has 0 saturated heterocycles. The molecule has 0 saturated carbocycles. The minimum atomic E-state index is 0.687. The van der Waals surface area contributed by atoms with Gasteiger partial charge < -0.3 is 4.74 Å². The van der Waals surface area contributed by atoms with E-state index in [1.54, 1.807) is 0 Å². The van der Waals surface area contributed by atoms with Crippen LogP contribution in [0.4, 0.5) is 0 Å². The largest absolute Gasteiger partial charge is 0.377 e. The van der Waals surface area contributed by atoms with E-state index in [2.05, 4.69) is 55.1 Å². The molecule has 0 aromatic heterocycles. The normalized spacial score (nSPS) is 10.3. The molecule has 0 aliphatic carbocycles. The zero-order valence-corrected chi connectivity index (χ0v) is 10.7. The highest BCUT2D eigenvalue weighted by molar-refractivity contribution is 5.65. The molecule has 2 rings (SSSR count).